The minimum absolute atomic E-state index is 0.141. The van der Waals surface area contributed by atoms with E-state index in [1.54, 1.807) is 0 Å². The van der Waals surface area contributed by atoms with Gasteiger partial charge in [-0.15, -0.1) is 0 Å². The molecule has 25 heavy (non-hydrogen) atoms. The number of hydrogen-bond donors (Lipinski definition) is 2. The Kier molecular flexibility index (Phi) is 7.25. The molecule has 1 heterocycles. The maximum atomic E-state index is 12.2. The molecule has 0 aliphatic carbocycles. The van der Waals surface area contributed by atoms with E-state index >= 15 is 0 Å². The lowest BCUT2D eigenvalue weighted by atomic mass is 9.93. The van der Waals surface area contributed by atoms with Crippen LogP contribution in [0.1, 0.15) is 32.3 Å². The molecule has 6 nitrogen and oxygen atoms in total. The Bertz CT molecular complexity index is 564. The van der Waals surface area contributed by atoms with E-state index < -0.39 is 12.0 Å². The van der Waals surface area contributed by atoms with Crippen LogP contribution < -0.4 is 10.1 Å². The van der Waals surface area contributed by atoms with Crippen molar-refractivity contribution in [1.82, 2.24) is 5.32 Å². The van der Waals surface area contributed by atoms with Gasteiger partial charge in [0.1, 0.15) is 11.8 Å². The van der Waals surface area contributed by atoms with Gasteiger partial charge in [0.15, 0.2) is 0 Å². The average Bonchev–Trinajstić information content (AvgIpc) is 2.59. The number of benzene rings is 1. The number of carbonyl (C=O) groups excluding carboxylic acids is 1. The summed E-state index contributed by atoms with van der Waals surface area (Å²) < 4.78 is 10.9. The third-order valence-corrected chi connectivity index (χ3v) is 4.12. The second kappa shape index (κ2) is 9.42. The number of rotatable bonds is 8. The van der Waals surface area contributed by atoms with E-state index in [0.717, 1.165) is 24.2 Å². The van der Waals surface area contributed by atoms with Crippen molar-refractivity contribution >= 4 is 11.9 Å². The zero-order valence-corrected chi connectivity index (χ0v) is 14.9. The van der Waals surface area contributed by atoms with E-state index in [4.69, 9.17) is 9.47 Å². The molecular weight excluding hydrogens is 322 g/mol. The van der Waals surface area contributed by atoms with Gasteiger partial charge in [0.05, 0.1) is 19.6 Å². The number of ether oxygens (including phenoxy) is 2. The lowest BCUT2D eigenvalue weighted by molar-refractivity contribution is -0.145. The molecule has 2 N–H and O–H groups in total. The highest BCUT2D eigenvalue weighted by Gasteiger charge is 2.31. The van der Waals surface area contributed by atoms with Crippen molar-refractivity contribution in [2.75, 3.05) is 19.8 Å². The summed E-state index contributed by atoms with van der Waals surface area (Å²) in [5.41, 5.74) is 0.818. The molecule has 138 valence electrons. The highest BCUT2D eigenvalue weighted by atomic mass is 16.5. The predicted molar refractivity (Wildman–Crippen MR) is 93.6 cm³/mol. The van der Waals surface area contributed by atoms with E-state index in [1.807, 2.05) is 24.3 Å². The van der Waals surface area contributed by atoms with Gasteiger partial charge in [0, 0.05) is 12.5 Å². The van der Waals surface area contributed by atoms with Crippen LogP contribution in [-0.2, 0) is 20.7 Å². The molecule has 6 heteroatoms. The van der Waals surface area contributed by atoms with Crippen molar-refractivity contribution in [3.05, 3.63) is 29.8 Å². The van der Waals surface area contributed by atoms with Gasteiger partial charge in [0.25, 0.3) is 0 Å². The third kappa shape index (κ3) is 6.38. The second-order valence-electron chi connectivity index (χ2n) is 6.89. The first-order valence-corrected chi connectivity index (χ1v) is 8.77. The van der Waals surface area contributed by atoms with Gasteiger partial charge < -0.3 is 19.9 Å². The summed E-state index contributed by atoms with van der Waals surface area (Å²) in [4.78, 5) is 23.7. The Labute approximate surface area is 148 Å². The standard InChI is InChI=1S/C19H27NO5/c1-13(2)11-25-16-7-5-14(6-8-16)10-17(21)20-18(19(22)23)15-4-3-9-24-12-15/h5-8,13,15,18H,3-4,9-12H2,1-2H3,(H,20,21)(H,22,23). The highest BCUT2D eigenvalue weighted by molar-refractivity contribution is 5.85. The van der Waals surface area contributed by atoms with E-state index in [9.17, 15) is 14.7 Å². The molecule has 1 aromatic carbocycles. The minimum Gasteiger partial charge on any atom is -0.493 e. The third-order valence-electron chi connectivity index (χ3n) is 4.12. The number of carboxylic acids is 1. The molecule has 2 rings (SSSR count). The van der Waals surface area contributed by atoms with Crippen molar-refractivity contribution in [2.45, 2.75) is 39.2 Å². The SMILES string of the molecule is CC(C)COc1ccc(CC(=O)NC(C(=O)O)C2CCCOC2)cc1. The van der Waals surface area contributed by atoms with Crippen molar-refractivity contribution in [1.29, 1.82) is 0 Å². The second-order valence-corrected chi connectivity index (χ2v) is 6.89. The summed E-state index contributed by atoms with van der Waals surface area (Å²) in [5.74, 6) is -0.278. The largest absolute Gasteiger partial charge is 0.493 e. The van der Waals surface area contributed by atoms with E-state index in [1.165, 1.54) is 0 Å². The molecular formula is C19H27NO5. The summed E-state index contributed by atoms with van der Waals surface area (Å²) in [6, 6.07) is 6.41. The molecule has 1 amide bonds. The minimum atomic E-state index is -1.01. The van der Waals surface area contributed by atoms with Crippen LogP contribution in [0.2, 0.25) is 0 Å². The molecule has 0 radical (unpaired) electrons. The Morgan fingerprint density at radius 3 is 2.60 bits per heavy atom. The summed E-state index contributed by atoms with van der Waals surface area (Å²) >= 11 is 0. The number of amides is 1. The lowest BCUT2D eigenvalue weighted by Gasteiger charge is -2.28. The molecule has 1 aliphatic heterocycles. The van der Waals surface area contributed by atoms with Crippen LogP contribution in [0.5, 0.6) is 5.75 Å². The van der Waals surface area contributed by atoms with Gasteiger partial charge in [-0.3, -0.25) is 4.79 Å². The van der Waals surface area contributed by atoms with Crippen LogP contribution in [-0.4, -0.2) is 42.8 Å². The molecule has 1 aliphatic rings. The zero-order chi connectivity index (χ0) is 18.2. The van der Waals surface area contributed by atoms with Crippen LogP contribution in [0.15, 0.2) is 24.3 Å². The van der Waals surface area contributed by atoms with Crippen LogP contribution in [0.3, 0.4) is 0 Å². The van der Waals surface area contributed by atoms with Gasteiger partial charge >= 0.3 is 5.97 Å². The first-order valence-electron chi connectivity index (χ1n) is 8.77. The molecule has 1 aromatic rings. The monoisotopic (exact) mass is 349 g/mol. The fraction of sp³-hybridized carbons (Fsp3) is 0.579. The summed E-state index contributed by atoms with van der Waals surface area (Å²) in [6.45, 7) is 5.83. The number of carboxylic acid groups (broad SMARTS) is 1. The predicted octanol–water partition coefficient (Wildman–Crippen LogP) is 2.26. The summed E-state index contributed by atoms with van der Waals surface area (Å²) in [5, 5.41) is 12.0. The Balaban J connectivity index is 1.88. The van der Waals surface area contributed by atoms with Gasteiger partial charge in [-0.1, -0.05) is 26.0 Å². The highest BCUT2D eigenvalue weighted by Crippen LogP contribution is 2.18. The van der Waals surface area contributed by atoms with Crippen LogP contribution in [0.25, 0.3) is 0 Å². The normalized spacial score (nSPS) is 18.6. The molecule has 0 spiro atoms. The first kappa shape index (κ1) is 19.2. The van der Waals surface area contributed by atoms with Crippen molar-refractivity contribution in [3.63, 3.8) is 0 Å². The van der Waals surface area contributed by atoms with Gasteiger partial charge in [0.2, 0.25) is 5.91 Å². The van der Waals surface area contributed by atoms with Crippen molar-refractivity contribution < 1.29 is 24.2 Å². The van der Waals surface area contributed by atoms with Crippen LogP contribution in [0.4, 0.5) is 0 Å². The van der Waals surface area contributed by atoms with E-state index in [0.29, 0.717) is 25.7 Å². The van der Waals surface area contributed by atoms with E-state index in [-0.39, 0.29) is 18.2 Å². The summed E-state index contributed by atoms with van der Waals surface area (Å²) in [6.07, 6.45) is 1.71. The smallest absolute Gasteiger partial charge is 0.326 e. The maximum absolute atomic E-state index is 12.2. The van der Waals surface area contributed by atoms with Crippen molar-refractivity contribution in [2.24, 2.45) is 11.8 Å². The average molecular weight is 349 g/mol. The quantitative estimate of drug-likeness (QED) is 0.752. The van der Waals surface area contributed by atoms with Gasteiger partial charge in [-0.25, -0.2) is 4.79 Å². The zero-order valence-electron chi connectivity index (χ0n) is 14.9. The number of aliphatic carboxylic acids is 1. The fourth-order valence-corrected chi connectivity index (χ4v) is 2.79. The Morgan fingerprint density at radius 2 is 2.04 bits per heavy atom. The molecule has 1 fully saturated rings. The number of carbonyl (C=O) groups is 2. The topological polar surface area (TPSA) is 84.9 Å². The molecule has 0 saturated carbocycles. The lowest BCUT2D eigenvalue weighted by Crippen LogP contribution is -2.48. The molecule has 2 atom stereocenters. The fourth-order valence-electron chi connectivity index (χ4n) is 2.79. The summed E-state index contributed by atoms with van der Waals surface area (Å²) in [7, 11) is 0. The van der Waals surface area contributed by atoms with Crippen LogP contribution >= 0.6 is 0 Å². The van der Waals surface area contributed by atoms with Gasteiger partial charge in [-0.2, -0.15) is 0 Å². The van der Waals surface area contributed by atoms with Crippen molar-refractivity contribution in [3.8, 4) is 5.75 Å². The number of hydrogen-bond acceptors (Lipinski definition) is 4. The van der Waals surface area contributed by atoms with Crippen LogP contribution in [0, 0.1) is 11.8 Å². The molecule has 0 bridgehead atoms. The van der Waals surface area contributed by atoms with E-state index in [2.05, 4.69) is 19.2 Å². The Morgan fingerprint density at radius 1 is 1.32 bits per heavy atom. The number of nitrogens with one attached hydrogen (secondary N) is 1. The first-order chi connectivity index (χ1) is 12.0. The Hall–Kier alpha value is -2.08. The maximum Gasteiger partial charge on any atom is 0.326 e. The molecule has 2 unspecified atom stereocenters. The molecule has 1 saturated heterocycles. The molecule has 0 aromatic heterocycles. The van der Waals surface area contributed by atoms with Gasteiger partial charge in [-0.05, 0) is 36.5 Å².